The summed E-state index contributed by atoms with van der Waals surface area (Å²) in [7, 11) is 1.58. The average Bonchev–Trinajstić information content (AvgIpc) is 2.85. The quantitative estimate of drug-likeness (QED) is 0.232. The summed E-state index contributed by atoms with van der Waals surface area (Å²) in [5.41, 5.74) is -1.34. The number of ether oxygens (including phenoxy) is 4. The molecule has 0 aromatic rings. The minimum absolute atomic E-state index is 0.0641. The van der Waals surface area contributed by atoms with Crippen molar-refractivity contribution in [3.63, 3.8) is 0 Å². The van der Waals surface area contributed by atoms with E-state index >= 15 is 0 Å². The standard InChI is InChI=1S/C25H35NO6/c1-17(27)31-11-10-24-14-19(28)21-23(2,15-26)8-5-9-25(21)20(24)7-4-6-18(24)22(25)32-13-12-30-16-29-3/h4,6,18,20-22H,5,7-14,16H2,1-3H3/t18?,20-,21-,22?,23+,24+,25-/m1/s1. The highest BCUT2D eigenvalue weighted by Gasteiger charge is 2.76. The molecule has 1 spiro atoms. The number of rotatable bonds is 9. The van der Waals surface area contributed by atoms with Crippen molar-refractivity contribution in [3.8, 4) is 6.07 Å². The van der Waals surface area contributed by atoms with Crippen LogP contribution < -0.4 is 0 Å². The lowest BCUT2D eigenvalue weighted by molar-refractivity contribution is -0.169. The smallest absolute Gasteiger partial charge is 0.302 e. The van der Waals surface area contributed by atoms with Crippen LogP contribution in [-0.4, -0.2) is 51.6 Å². The number of esters is 1. The highest BCUT2D eigenvalue weighted by atomic mass is 16.7. The molecule has 0 aromatic heterocycles. The molecule has 7 nitrogen and oxygen atoms in total. The van der Waals surface area contributed by atoms with Crippen LogP contribution >= 0.6 is 0 Å². The predicted octanol–water partition coefficient (Wildman–Crippen LogP) is 3.43. The Hall–Kier alpha value is -1.75. The Morgan fingerprint density at radius 1 is 1.28 bits per heavy atom. The molecule has 4 aliphatic carbocycles. The van der Waals surface area contributed by atoms with Crippen molar-refractivity contribution >= 4 is 11.8 Å². The van der Waals surface area contributed by atoms with Gasteiger partial charge in [0.15, 0.2) is 0 Å². The summed E-state index contributed by atoms with van der Waals surface area (Å²) in [6.45, 7) is 4.74. The number of methoxy groups -OCH3 is 1. The van der Waals surface area contributed by atoms with Crippen molar-refractivity contribution in [1.82, 2.24) is 0 Å². The summed E-state index contributed by atoms with van der Waals surface area (Å²) >= 11 is 0. The van der Waals surface area contributed by atoms with Gasteiger partial charge in [-0.25, -0.2) is 0 Å². The third-order valence-electron chi connectivity index (χ3n) is 8.74. The number of Topliss-reactive ketones (excluding diaryl/α,β-unsaturated/α-hetero) is 1. The van der Waals surface area contributed by atoms with E-state index in [0.29, 0.717) is 32.7 Å². The highest BCUT2D eigenvalue weighted by Crippen LogP contribution is 2.76. The fourth-order valence-electron chi connectivity index (χ4n) is 7.93. The molecule has 0 amide bonds. The molecule has 4 rings (SSSR count). The molecule has 7 atom stereocenters. The normalized spacial score (nSPS) is 41.8. The minimum atomic E-state index is -0.678. The molecule has 0 aromatic carbocycles. The summed E-state index contributed by atoms with van der Waals surface area (Å²) in [5.74, 6) is -0.131. The van der Waals surface area contributed by atoms with E-state index in [1.807, 2.05) is 6.92 Å². The van der Waals surface area contributed by atoms with Gasteiger partial charge < -0.3 is 18.9 Å². The SMILES string of the molecule is COCOCCOC1C2C=CC[C@@H]3[C@@]2(CCOC(C)=O)CC(=O)[C@H]2[C@]13CCC[C@@]2(C)C#N. The van der Waals surface area contributed by atoms with E-state index in [4.69, 9.17) is 18.9 Å². The zero-order valence-corrected chi connectivity index (χ0v) is 19.4. The molecule has 32 heavy (non-hydrogen) atoms. The molecule has 3 saturated carbocycles. The molecule has 0 heterocycles. The van der Waals surface area contributed by atoms with Crippen molar-refractivity contribution in [2.24, 2.45) is 34.0 Å². The zero-order valence-electron chi connectivity index (χ0n) is 19.4. The lowest BCUT2D eigenvalue weighted by Gasteiger charge is -2.58. The molecule has 0 N–H and O–H groups in total. The van der Waals surface area contributed by atoms with Gasteiger partial charge in [-0.2, -0.15) is 5.26 Å². The molecule has 0 saturated heterocycles. The first-order valence-corrected chi connectivity index (χ1v) is 11.8. The monoisotopic (exact) mass is 445 g/mol. The summed E-state index contributed by atoms with van der Waals surface area (Å²) < 4.78 is 22.3. The van der Waals surface area contributed by atoms with Crippen molar-refractivity contribution in [2.75, 3.05) is 33.7 Å². The van der Waals surface area contributed by atoms with Crippen LogP contribution in [0.15, 0.2) is 12.2 Å². The van der Waals surface area contributed by atoms with E-state index in [9.17, 15) is 14.9 Å². The third kappa shape index (κ3) is 3.43. The zero-order chi connectivity index (χ0) is 23.0. The molecule has 0 radical (unpaired) electrons. The van der Waals surface area contributed by atoms with Gasteiger partial charge in [-0.15, -0.1) is 0 Å². The lowest BCUT2D eigenvalue weighted by atomic mass is 9.44. The van der Waals surface area contributed by atoms with Crippen molar-refractivity contribution in [1.29, 1.82) is 5.26 Å². The van der Waals surface area contributed by atoms with Gasteiger partial charge >= 0.3 is 5.97 Å². The van der Waals surface area contributed by atoms with Crippen LogP contribution in [0.1, 0.15) is 52.4 Å². The number of ketones is 1. The van der Waals surface area contributed by atoms with Gasteiger partial charge in [0.2, 0.25) is 0 Å². The summed E-state index contributed by atoms with van der Waals surface area (Å²) in [5, 5.41) is 10.1. The van der Waals surface area contributed by atoms with E-state index in [2.05, 4.69) is 18.2 Å². The van der Waals surface area contributed by atoms with Gasteiger partial charge in [0, 0.05) is 37.7 Å². The number of nitrogens with zero attached hydrogens (tertiary/aromatic N) is 1. The van der Waals surface area contributed by atoms with Crippen LogP contribution in [0.2, 0.25) is 0 Å². The Bertz CT molecular complexity index is 820. The van der Waals surface area contributed by atoms with Gasteiger partial charge in [-0.1, -0.05) is 18.6 Å². The second-order valence-electron chi connectivity index (χ2n) is 10.2. The van der Waals surface area contributed by atoms with Gasteiger partial charge in [-0.3, -0.25) is 9.59 Å². The van der Waals surface area contributed by atoms with Gasteiger partial charge in [0.25, 0.3) is 0 Å². The number of hydrogen-bond donors (Lipinski definition) is 0. The average molecular weight is 446 g/mol. The van der Waals surface area contributed by atoms with Crippen LogP contribution in [0.5, 0.6) is 0 Å². The van der Waals surface area contributed by atoms with E-state index in [1.54, 1.807) is 7.11 Å². The Kier molecular flexibility index (Phi) is 6.50. The van der Waals surface area contributed by atoms with E-state index in [0.717, 1.165) is 25.7 Å². The van der Waals surface area contributed by atoms with E-state index in [1.165, 1.54) is 6.92 Å². The largest absolute Gasteiger partial charge is 0.466 e. The van der Waals surface area contributed by atoms with Crippen molar-refractivity contribution in [3.05, 3.63) is 12.2 Å². The van der Waals surface area contributed by atoms with Gasteiger partial charge in [-0.05, 0) is 43.9 Å². The Morgan fingerprint density at radius 3 is 2.81 bits per heavy atom. The van der Waals surface area contributed by atoms with E-state index in [-0.39, 0.29) is 53.2 Å². The van der Waals surface area contributed by atoms with E-state index < -0.39 is 5.41 Å². The fourth-order valence-corrected chi connectivity index (χ4v) is 7.93. The molecule has 7 heteroatoms. The third-order valence-corrected chi connectivity index (χ3v) is 8.74. The summed E-state index contributed by atoms with van der Waals surface area (Å²) in [6.07, 6.45) is 8.81. The maximum Gasteiger partial charge on any atom is 0.302 e. The van der Waals surface area contributed by atoms with Gasteiger partial charge in [0.1, 0.15) is 12.6 Å². The number of carbonyl (C=O) groups excluding carboxylic acids is 2. The predicted molar refractivity (Wildman–Crippen MR) is 115 cm³/mol. The number of allylic oxidation sites excluding steroid dienone is 1. The molecule has 4 bridgehead atoms. The minimum Gasteiger partial charge on any atom is -0.466 e. The molecule has 2 unspecified atom stereocenters. The summed E-state index contributed by atoms with van der Waals surface area (Å²) in [4.78, 5) is 25.2. The van der Waals surface area contributed by atoms with Crippen LogP contribution in [-0.2, 0) is 28.5 Å². The lowest BCUT2D eigenvalue weighted by Crippen LogP contribution is -2.59. The maximum absolute atomic E-state index is 13.8. The Labute approximate surface area is 190 Å². The molecular formula is C25H35NO6. The second-order valence-corrected chi connectivity index (χ2v) is 10.2. The number of carbonyl (C=O) groups is 2. The topological polar surface area (TPSA) is 94.8 Å². The first kappa shape index (κ1) is 23.4. The molecule has 0 aliphatic heterocycles. The molecule has 176 valence electrons. The Balaban J connectivity index is 1.72. The van der Waals surface area contributed by atoms with Crippen LogP contribution in [0.25, 0.3) is 0 Å². The van der Waals surface area contributed by atoms with Gasteiger partial charge in [0.05, 0.1) is 37.4 Å². The van der Waals surface area contributed by atoms with Crippen LogP contribution in [0, 0.1) is 45.3 Å². The number of hydrogen-bond acceptors (Lipinski definition) is 7. The summed E-state index contributed by atoms with van der Waals surface area (Å²) in [6, 6.07) is 2.54. The number of nitriles is 1. The molecular weight excluding hydrogens is 410 g/mol. The van der Waals surface area contributed by atoms with Crippen LogP contribution in [0.3, 0.4) is 0 Å². The first-order valence-electron chi connectivity index (χ1n) is 11.8. The Morgan fingerprint density at radius 2 is 2.09 bits per heavy atom. The van der Waals surface area contributed by atoms with Crippen molar-refractivity contribution < 1.29 is 28.5 Å². The molecule has 3 fully saturated rings. The van der Waals surface area contributed by atoms with Crippen molar-refractivity contribution in [2.45, 2.75) is 58.5 Å². The molecule has 4 aliphatic rings. The maximum atomic E-state index is 13.8. The second kappa shape index (κ2) is 8.89. The van der Waals surface area contributed by atoms with Crippen LogP contribution in [0.4, 0.5) is 0 Å². The first-order chi connectivity index (χ1) is 15.4. The fraction of sp³-hybridized carbons (Fsp3) is 0.800. The highest BCUT2D eigenvalue weighted by molar-refractivity contribution is 5.86.